The minimum atomic E-state index is -0.766. The second-order valence-corrected chi connectivity index (χ2v) is 6.38. The molecule has 1 aromatic heterocycles. The molecular formula is C22H38N10O. The average molecular weight is 459 g/mol. The number of H-pyrrole nitrogens is 1. The number of hydrogen-bond acceptors (Lipinski definition) is 9. The van der Waals surface area contributed by atoms with Gasteiger partial charge in [-0.3, -0.25) is 4.79 Å². The number of nitrogens with two attached hydrogens (primary N) is 6. The van der Waals surface area contributed by atoms with E-state index in [4.69, 9.17) is 44.9 Å². The minimum Gasteiger partial charge on any atom is -0.396 e. The van der Waals surface area contributed by atoms with Gasteiger partial charge in [-0.15, -0.1) is 0 Å². The highest BCUT2D eigenvalue weighted by atomic mass is 16.1. The van der Waals surface area contributed by atoms with Crippen molar-refractivity contribution in [2.45, 2.75) is 46.5 Å². The third-order valence-corrected chi connectivity index (χ3v) is 4.07. The summed E-state index contributed by atoms with van der Waals surface area (Å²) in [7, 11) is 0. The van der Waals surface area contributed by atoms with E-state index in [1.807, 2.05) is 32.9 Å². The summed E-state index contributed by atoms with van der Waals surface area (Å²) in [4.78, 5) is 15.5. The standard InChI is InChI=1S/C10H16N4.C7H11N5O.C3H5N.C2H6/c11-8-9(12)4-5-10(13)14-6-2-1-3-7-14;8-4(5(9)7(11)13)3-1-2-12-6(3)10;1-2-3-4;1-2/h4-5H,1-3,6-7,12-13H2;1-2,12H,8-10H2,(H2,11,13);2H2,1H3;1-2H3/b9-4-,10-5+;5-4+;;. The van der Waals surface area contributed by atoms with E-state index in [1.165, 1.54) is 19.3 Å². The number of piperidine rings is 1. The van der Waals surface area contributed by atoms with Crippen LogP contribution in [-0.2, 0) is 4.79 Å². The Morgan fingerprint density at radius 3 is 2.03 bits per heavy atom. The number of likely N-dealkylation sites (tertiary alicyclic amines) is 1. The molecule has 1 amide bonds. The maximum Gasteiger partial charge on any atom is 0.266 e. The van der Waals surface area contributed by atoms with Crippen molar-refractivity contribution in [2.24, 2.45) is 28.7 Å². The second kappa shape index (κ2) is 18.5. The fourth-order valence-electron chi connectivity index (χ4n) is 2.36. The Balaban J connectivity index is 0. The van der Waals surface area contributed by atoms with Crippen LogP contribution in [0.2, 0.25) is 0 Å². The highest BCUT2D eigenvalue weighted by molar-refractivity contribution is 5.99. The molecule has 1 fully saturated rings. The van der Waals surface area contributed by atoms with Gasteiger partial charge in [0.25, 0.3) is 5.91 Å². The Labute approximate surface area is 196 Å². The monoisotopic (exact) mass is 458 g/mol. The molecule has 33 heavy (non-hydrogen) atoms. The first-order valence-electron chi connectivity index (χ1n) is 10.6. The predicted octanol–water partition coefficient (Wildman–Crippen LogP) is 1.25. The molecule has 0 aliphatic carbocycles. The lowest BCUT2D eigenvalue weighted by molar-refractivity contribution is -0.114. The van der Waals surface area contributed by atoms with Crippen LogP contribution in [0.4, 0.5) is 5.82 Å². The van der Waals surface area contributed by atoms with E-state index in [-0.39, 0.29) is 17.1 Å². The molecule has 1 aliphatic heterocycles. The van der Waals surface area contributed by atoms with E-state index in [1.54, 1.807) is 24.4 Å². The number of nitrogens with zero attached hydrogens (tertiary/aromatic N) is 3. The molecule has 0 radical (unpaired) electrons. The zero-order valence-electron chi connectivity index (χ0n) is 19.8. The van der Waals surface area contributed by atoms with Crippen LogP contribution in [0.15, 0.2) is 41.6 Å². The number of primary amides is 1. The van der Waals surface area contributed by atoms with E-state index < -0.39 is 5.91 Å². The number of nitrogen functional groups attached to an aromatic ring is 1. The Morgan fingerprint density at radius 1 is 1.09 bits per heavy atom. The Kier molecular flexibility index (Phi) is 17.4. The number of nitrogens with one attached hydrogen (secondary N) is 1. The molecule has 11 nitrogen and oxygen atoms in total. The minimum absolute atomic E-state index is 0.0891. The summed E-state index contributed by atoms with van der Waals surface area (Å²) in [5, 5.41) is 16.1. The number of amides is 1. The summed E-state index contributed by atoms with van der Waals surface area (Å²) in [6.45, 7) is 7.82. The van der Waals surface area contributed by atoms with Gasteiger partial charge in [0.1, 0.15) is 23.3 Å². The lowest BCUT2D eigenvalue weighted by Crippen LogP contribution is -2.32. The quantitative estimate of drug-likeness (QED) is 0.195. The fourth-order valence-corrected chi connectivity index (χ4v) is 2.36. The second-order valence-electron chi connectivity index (χ2n) is 6.38. The van der Waals surface area contributed by atoms with Crippen molar-refractivity contribution < 1.29 is 4.79 Å². The maximum atomic E-state index is 10.7. The number of aromatic amines is 1. The number of carbonyl (C=O) groups is 1. The summed E-state index contributed by atoms with van der Waals surface area (Å²) < 4.78 is 0. The van der Waals surface area contributed by atoms with Gasteiger partial charge < -0.3 is 44.3 Å². The van der Waals surface area contributed by atoms with Crippen LogP contribution in [0.3, 0.4) is 0 Å². The van der Waals surface area contributed by atoms with Crippen molar-refractivity contribution in [3.05, 3.63) is 47.2 Å². The SMILES string of the molecule is CC.CCC#N.N#C/C(N)=C/C=C(\N)N1CCCCC1.NC(=O)/C(N)=C(\N)c1cc[nH]c1N. The zero-order chi connectivity index (χ0) is 25.8. The number of carbonyl (C=O) groups excluding carboxylic acids is 1. The number of hydrogen-bond donors (Lipinski definition) is 7. The molecule has 0 unspecified atom stereocenters. The van der Waals surface area contributed by atoms with Crippen LogP contribution in [0, 0.1) is 22.7 Å². The van der Waals surface area contributed by atoms with Gasteiger partial charge in [-0.2, -0.15) is 10.5 Å². The van der Waals surface area contributed by atoms with E-state index in [9.17, 15) is 4.79 Å². The van der Waals surface area contributed by atoms with Gasteiger partial charge in [-0.1, -0.05) is 20.8 Å². The molecule has 1 saturated heterocycles. The lowest BCUT2D eigenvalue weighted by Gasteiger charge is -2.28. The molecule has 0 spiro atoms. The number of rotatable bonds is 4. The van der Waals surface area contributed by atoms with Gasteiger partial charge in [-0.25, -0.2) is 0 Å². The Morgan fingerprint density at radius 2 is 1.64 bits per heavy atom. The van der Waals surface area contributed by atoms with Crippen LogP contribution in [0.5, 0.6) is 0 Å². The number of aromatic nitrogens is 1. The van der Waals surface area contributed by atoms with Crippen molar-refractivity contribution in [3.8, 4) is 12.1 Å². The molecule has 1 aliphatic rings. The van der Waals surface area contributed by atoms with Crippen LogP contribution in [0.1, 0.15) is 52.0 Å². The summed E-state index contributed by atoms with van der Waals surface area (Å²) in [6, 6.07) is 5.39. The van der Waals surface area contributed by atoms with Crippen LogP contribution in [0.25, 0.3) is 5.70 Å². The molecule has 0 saturated carbocycles. The normalized spacial score (nSPS) is 13.8. The first-order valence-corrected chi connectivity index (χ1v) is 10.6. The molecule has 182 valence electrons. The molecule has 0 atom stereocenters. The van der Waals surface area contributed by atoms with Gasteiger partial charge >= 0.3 is 0 Å². The van der Waals surface area contributed by atoms with Crippen LogP contribution < -0.4 is 34.4 Å². The van der Waals surface area contributed by atoms with E-state index in [2.05, 4.69) is 9.88 Å². The topological polar surface area (TPSA) is 240 Å². The summed E-state index contributed by atoms with van der Waals surface area (Å²) in [5.74, 6) is 0.280. The van der Waals surface area contributed by atoms with Gasteiger partial charge in [0.05, 0.1) is 17.6 Å². The molecule has 0 bridgehead atoms. The molecule has 2 heterocycles. The number of allylic oxidation sites excluding steroid dienone is 3. The van der Waals surface area contributed by atoms with E-state index >= 15 is 0 Å². The molecule has 0 aromatic carbocycles. The summed E-state index contributed by atoms with van der Waals surface area (Å²) in [5.41, 5.74) is 33.0. The molecule has 11 heteroatoms. The van der Waals surface area contributed by atoms with E-state index in [0.717, 1.165) is 13.1 Å². The van der Waals surface area contributed by atoms with Crippen LogP contribution in [-0.4, -0.2) is 28.9 Å². The van der Waals surface area contributed by atoms with Gasteiger partial charge in [-0.05, 0) is 37.5 Å². The smallest absolute Gasteiger partial charge is 0.266 e. The number of nitriles is 2. The largest absolute Gasteiger partial charge is 0.396 e. The molecular weight excluding hydrogens is 420 g/mol. The first-order chi connectivity index (χ1) is 15.7. The molecule has 2 rings (SSSR count). The van der Waals surface area contributed by atoms with Gasteiger partial charge in [0.2, 0.25) is 0 Å². The average Bonchev–Trinajstić information content (AvgIpc) is 3.29. The lowest BCUT2D eigenvalue weighted by atomic mass is 10.1. The van der Waals surface area contributed by atoms with Crippen molar-refractivity contribution in [2.75, 3.05) is 18.8 Å². The van der Waals surface area contributed by atoms with Crippen molar-refractivity contribution in [1.29, 1.82) is 10.5 Å². The third-order valence-electron chi connectivity index (χ3n) is 4.07. The maximum absolute atomic E-state index is 10.7. The van der Waals surface area contributed by atoms with E-state index in [0.29, 0.717) is 23.6 Å². The third kappa shape index (κ3) is 12.9. The van der Waals surface area contributed by atoms with Crippen molar-refractivity contribution in [1.82, 2.24) is 9.88 Å². The molecule has 1 aromatic rings. The predicted molar refractivity (Wildman–Crippen MR) is 133 cm³/mol. The zero-order valence-corrected chi connectivity index (χ0v) is 19.8. The van der Waals surface area contributed by atoms with Crippen LogP contribution >= 0.6 is 0 Å². The first kappa shape index (κ1) is 30.9. The Bertz CT molecular complexity index is 878. The number of anilines is 1. The summed E-state index contributed by atoms with van der Waals surface area (Å²) >= 11 is 0. The van der Waals surface area contributed by atoms with Gasteiger partial charge in [0.15, 0.2) is 0 Å². The van der Waals surface area contributed by atoms with Crippen molar-refractivity contribution >= 4 is 17.4 Å². The fraction of sp³-hybridized carbons (Fsp3) is 0.409. The highest BCUT2D eigenvalue weighted by Crippen LogP contribution is 2.16. The summed E-state index contributed by atoms with van der Waals surface area (Å²) in [6.07, 6.45) is 9.11. The van der Waals surface area contributed by atoms with Crippen molar-refractivity contribution in [3.63, 3.8) is 0 Å². The highest BCUT2D eigenvalue weighted by Gasteiger charge is 2.11. The van der Waals surface area contributed by atoms with Gasteiger partial charge in [0, 0.05) is 31.3 Å². The Hall–Kier alpha value is -4.25. The molecule has 13 N–H and O–H groups in total.